The first-order valence-corrected chi connectivity index (χ1v) is 9.53. The fourth-order valence-electron chi connectivity index (χ4n) is 2.42. The van der Waals surface area contributed by atoms with Crippen LogP contribution in [0.1, 0.15) is 23.0 Å². The predicted molar refractivity (Wildman–Crippen MR) is 106 cm³/mol. The molecular weight excluding hydrogens is 378 g/mol. The number of hydrogen-bond acceptors (Lipinski definition) is 7. The second-order valence-corrected chi connectivity index (χ2v) is 6.66. The molecule has 0 aliphatic carbocycles. The Kier molecular flexibility index (Phi) is 6.33. The Morgan fingerprint density at radius 1 is 1.11 bits per heavy atom. The van der Waals surface area contributed by atoms with Crippen molar-refractivity contribution in [3.8, 4) is 11.3 Å². The molecule has 0 saturated heterocycles. The summed E-state index contributed by atoms with van der Waals surface area (Å²) in [6.07, 6.45) is 0. The van der Waals surface area contributed by atoms with E-state index in [1.165, 1.54) is 30.0 Å². The maximum Gasteiger partial charge on any atom is 0.357 e. The van der Waals surface area contributed by atoms with Crippen molar-refractivity contribution in [1.82, 2.24) is 9.97 Å². The Morgan fingerprint density at radius 2 is 1.82 bits per heavy atom. The fourth-order valence-corrected chi connectivity index (χ4v) is 3.24. The van der Waals surface area contributed by atoms with Crippen molar-refractivity contribution in [2.45, 2.75) is 17.8 Å². The highest BCUT2D eigenvalue weighted by Gasteiger charge is 2.15. The lowest BCUT2D eigenvalue weighted by Gasteiger charge is -2.08. The number of non-ortho nitro benzene ring substituents is 1. The standard InChI is InChI=1S/C20H17N3O4S/c1-2-27-19(24)18-12-17(15-8-10-16(11-9-15)23(25)26)21-20(22-18)28-13-14-6-4-3-5-7-14/h3-12H,2,13H2,1H3. The second-order valence-electron chi connectivity index (χ2n) is 5.72. The minimum Gasteiger partial charge on any atom is -0.461 e. The van der Waals surface area contributed by atoms with Crippen LogP contribution < -0.4 is 0 Å². The van der Waals surface area contributed by atoms with Gasteiger partial charge in [0.2, 0.25) is 0 Å². The largest absolute Gasteiger partial charge is 0.461 e. The highest BCUT2D eigenvalue weighted by Crippen LogP contribution is 2.26. The molecule has 0 unspecified atom stereocenters. The van der Waals surface area contributed by atoms with E-state index in [1.807, 2.05) is 30.3 Å². The molecule has 0 atom stereocenters. The van der Waals surface area contributed by atoms with Crippen LogP contribution in [0.3, 0.4) is 0 Å². The van der Waals surface area contributed by atoms with Gasteiger partial charge in [-0.15, -0.1) is 0 Å². The van der Waals surface area contributed by atoms with Crippen molar-refractivity contribution >= 4 is 23.4 Å². The quantitative estimate of drug-likeness (QED) is 0.191. The van der Waals surface area contributed by atoms with Gasteiger partial charge in [0.15, 0.2) is 10.9 Å². The van der Waals surface area contributed by atoms with Crippen LogP contribution >= 0.6 is 11.8 Å². The molecule has 8 heteroatoms. The molecule has 0 amide bonds. The molecule has 3 aromatic rings. The first kappa shape index (κ1) is 19.5. The average Bonchev–Trinajstić information content (AvgIpc) is 2.73. The number of rotatable bonds is 7. The molecular formula is C20H17N3O4S. The van der Waals surface area contributed by atoms with Crippen molar-refractivity contribution in [2.75, 3.05) is 6.61 Å². The summed E-state index contributed by atoms with van der Waals surface area (Å²) in [5, 5.41) is 11.3. The summed E-state index contributed by atoms with van der Waals surface area (Å²) in [5.74, 6) is 0.113. The van der Waals surface area contributed by atoms with Gasteiger partial charge in [-0.25, -0.2) is 14.8 Å². The lowest BCUT2D eigenvalue weighted by atomic mass is 10.1. The predicted octanol–water partition coefficient (Wildman–Crippen LogP) is 4.52. The SMILES string of the molecule is CCOC(=O)c1cc(-c2ccc([N+](=O)[O-])cc2)nc(SCc2ccccc2)n1. The second kappa shape index (κ2) is 9.09. The molecule has 1 heterocycles. The van der Waals surface area contributed by atoms with Gasteiger partial charge < -0.3 is 4.74 Å². The molecule has 0 aliphatic rings. The summed E-state index contributed by atoms with van der Waals surface area (Å²) in [6.45, 7) is 1.96. The Morgan fingerprint density at radius 3 is 2.46 bits per heavy atom. The maximum atomic E-state index is 12.2. The van der Waals surface area contributed by atoms with Crippen molar-refractivity contribution in [1.29, 1.82) is 0 Å². The Balaban J connectivity index is 1.92. The van der Waals surface area contributed by atoms with Crippen molar-refractivity contribution in [3.63, 3.8) is 0 Å². The van der Waals surface area contributed by atoms with E-state index in [-0.39, 0.29) is 18.0 Å². The van der Waals surface area contributed by atoms with Crippen LogP contribution in [-0.4, -0.2) is 27.5 Å². The average molecular weight is 395 g/mol. The van der Waals surface area contributed by atoms with E-state index in [9.17, 15) is 14.9 Å². The first-order valence-electron chi connectivity index (χ1n) is 8.54. The van der Waals surface area contributed by atoms with Gasteiger partial charge in [0.25, 0.3) is 5.69 Å². The molecule has 1 aromatic heterocycles. The Hall–Kier alpha value is -3.26. The number of nitrogens with zero attached hydrogens (tertiary/aromatic N) is 3. The van der Waals surface area contributed by atoms with E-state index in [1.54, 1.807) is 19.1 Å². The van der Waals surface area contributed by atoms with Gasteiger partial charge in [-0.1, -0.05) is 42.1 Å². The van der Waals surface area contributed by atoms with Gasteiger partial charge in [-0.05, 0) is 30.7 Å². The zero-order chi connectivity index (χ0) is 19.9. The van der Waals surface area contributed by atoms with Gasteiger partial charge in [-0.3, -0.25) is 10.1 Å². The lowest BCUT2D eigenvalue weighted by molar-refractivity contribution is -0.384. The molecule has 0 saturated carbocycles. The lowest BCUT2D eigenvalue weighted by Crippen LogP contribution is -2.09. The maximum absolute atomic E-state index is 12.2. The van der Waals surface area contributed by atoms with Crippen LogP contribution in [0.4, 0.5) is 5.69 Å². The molecule has 7 nitrogen and oxygen atoms in total. The Labute approximate surface area is 165 Å². The van der Waals surface area contributed by atoms with Crippen LogP contribution in [-0.2, 0) is 10.5 Å². The molecule has 0 N–H and O–H groups in total. The number of ether oxygens (including phenoxy) is 1. The summed E-state index contributed by atoms with van der Waals surface area (Å²) >= 11 is 1.40. The number of carbonyl (C=O) groups is 1. The van der Waals surface area contributed by atoms with Crippen LogP contribution in [0.15, 0.2) is 65.8 Å². The van der Waals surface area contributed by atoms with Gasteiger partial charge >= 0.3 is 5.97 Å². The molecule has 0 radical (unpaired) electrons. The number of benzene rings is 2. The van der Waals surface area contributed by atoms with E-state index >= 15 is 0 Å². The van der Waals surface area contributed by atoms with E-state index in [0.717, 1.165) is 5.56 Å². The third-order valence-corrected chi connectivity index (χ3v) is 4.69. The van der Waals surface area contributed by atoms with E-state index in [2.05, 4.69) is 9.97 Å². The summed E-state index contributed by atoms with van der Waals surface area (Å²) in [7, 11) is 0. The van der Waals surface area contributed by atoms with Crippen LogP contribution in [0.25, 0.3) is 11.3 Å². The van der Waals surface area contributed by atoms with Crippen LogP contribution in [0.2, 0.25) is 0 Å². The molecule has 0 spiro atoms. The topological polar surface area (TPSA) is 95.2 Å². The highest BCUT2D eigenvalue weighted by atomic mass is 32.2. The number of hydrogen-bond donors (Lipinski definition) is 0. The summed E-state index contributed by atoms with van der Waals surface area (Å²) in [5.41, 5.74) is 2.40. The minimum absolute atomic E-state index is 0.0119. The molecule has 0 bridgehead atoms. The molecule has 28 heavy (non-hydrogen) atoms. The molecule has 3 rings (SSSR count). The molecule has 0 aliphatic heterocycles. The smallest absolute Gasteiger partial charge is 0.357 e. The monoisotopic (exact) mass is 395 g/mol. The molecule has 0 fully saturated rings. The van der Waals surface area contributed by atoms with E-state index in [4.69, 9.17) is 4.74 Å². The third-order valence-electron chi connectivity index (χ3n) is 3.77. The number of carbonyl (C=O) groups excluding carboxylic acids is 1. The summed E-state index contributed by atoms with van der Waals surface area (Å²) in [4.78, 5) is 31.4. The molecule has 142 valence electrons. The van der Waals surface area contributed by atoms with Crippen molar-refractivity contribution in [3.05, 3.63) is 82.0 Å². The van der Waals surface area contributed by atoms with Crippen molar-refractivity contribution in [2.24, 2.45) is 0 Å². The van der Waals surface area contributed by atoms with E-state index in [0.29, 0.717) is 22.2 Å². The Bertz CT molecular complexity index is 979. The van der Waals surface area contributed by atoms with E-state index < -0.39 is 10.9 Å². The van der Waals surface area contributed by atoms with Gasteiger partial charge in [0.1, 0.15) is 0 Å². The van der Waals surface area contributed by atoms with Gasteiger partial charge in [0, 0.05) is 23.4 Å². The number of thioether (sulfide) groups is 1. The van der Waals surface area contributed by atoms with Gasteiger partial charge in [0.05, 0.1) is 17.2 Å². The van der Waals surface area contributed by atoms with Crippen LogP contribution in [0.5, 0.6) is 0 Å². The summed E-state index contributed by atoms with van der Waals surface area (Å²) < 4.78 is 5.06. The highest BCUT2D eigenvalue weighted by molar-refractivity contribution is 7.98. The first-order chi connectivity index (χ1) is 13.6. The van der Waals surface area contributed by atoms with Gasteiger partial charge in [-0.2, -0.15) is 0 Å². The molecule has 2 aromatic carbocycles. The number of aromatic nitrogens is 2. The zero-order valence-corrected chi connectivity index (χ0v) is 15.9. The fraction of sp³-hybridized carbons (Fsp3) is 0.150. The van der Waals surface area contributed by atoms with Crippen LogP contribution in [0, 0.1) is 10.1 Å². The minimum atomic E-state index is -0.533. The normalized spacial score (nSPS) is 10.5. The number of esters is 1. The number of nitro groups is 1. The zero-order valence-electron chi connectivity index (χ0n) is 15.1. The van der Waals surface area contributed by atoms with Crippen molar-refractivity contribution < 1.29 is 14.5 Å². The summed E-state index contributed by atoms with van der Waals surface area (Å²) in [6, 6.07) is 17.4. The third kappa shape index (κ3) is 4.92. The number of nitro benzene ring substituents is 1.